The molecule has 1 saturated heterocycles. The maximum atomic E-state index is 11.7. The van der Waals surface area contributed by atoms with Gasteiger partial charge in [-0.25, -0.2) is 9.59 Å². The van der Waals surface area contributed by atoms with Gasteiger partial charge in [-0.3, -0.25) is 4.90 Å². The number of carbonyl (C=O) groups excluding carboxylic acids is 2. The third-order valence-corrected chi connectivity index (χ3v) is 2.70. The molecule has 1 aliphatic heterocycles. The van der Waals surface area contributed by atoms with Crippen LogP contribution in [0.5, 0.6) is 0 Å². The molecule has 98 valence electrons. The number of hydrogen-bond donors (Lipinski definition) is 1. The summed E-state index contributed by atoms with van der Waals surface area (Å²) in [7, 11) is 0. The summed E-state index contributed by atoms with van der Waals surface area (Å²) < 4.78 is 9.86. The molecule has 0 aromatic heterocycles. The van der Waals surface area contributed by atoms with Crippen molar-refractivity contribution in [2.45, 2.75) is 38.8 Å². The molecule has 1 rings (SSSR count). The van der Waals surface area contributed by atoms with E-state index < -0.39 is 18.1 Å². The lowest BCUT2D eigenvalue weighted by molar-refractivity contribution is -0.150. The Balaban J connectivity index is 2.70. The van der Waals surface area contributed by atoms with E-state index in [1.807, 2.05) is 0 Å². The molecule has 0 bridgehead atoms. The van der Waals surface area contributed by atoms with Crippen molar-refractivity contribution in [3.63, 3.8) is 0 Å². The summed E-state index contributed by atoms with van der Waals surface area (Å²) in [5.74, 6) is -0.407. The number of nitrogens with zero attached hydrogens (tertiary/aromatic N) is 1. The Labute approximate surface area is 101 Å². The molecule has 6 heteroatoms. The first-order chi connectivity index (χ1) is 8.10. The van der Waals surface area contributed by atoms with E-state index in [-0.39, 0.29) is 12.6 Å². The Morgan fingerprint density at radius 2 is 1.94 bits per heavy atom. The Bertz CT molecular complexity index is 283. The number of esters is 1. The van der Waals surface area contributed by atoms with Crippen LogP contribution in [-0.2, 0) is 14.3 Å². The van der Waals surface area contributed by atoms with E-state index in [9.17, 15) is 9.59 Å². The van der Waals surface area contributed by atoms with Gasteiger partial charge in [-0.1, -0.05) is 0 Å². The Hall–Kier alpha value is -1.30. The van der Waals surface area contributed by atoms with E-state index in [1.165, 1.54) is 4.90 Å². The van der Waals surface area contributed by atoms with Gasteiger partial charge in [-0.05, 0) is 26.7 Å². The van der Waals surface area contributed by atoms with Crippen LogP contribution in [0.2, 0.25) is 0 Å². The summed E-state index contributed by atoms with van der Waals surface area (Å²) >= 11 is 0. The van der Waals surface area contributed by atoms with Gasteiger partial charge >= 0.3 is 12.1 Å². The SMILES string of the molecule is CCOC(=O)C1CC(N)CCN1C(=O)OCC. The van der Waals surface area contributed by atoms with Gasteiger partial charge in [0.2, 0.25) is 0 Å². The molecular formula is C11H20N2O4. The fourth-order valence-corrected chi connectivity index (χ4v) is 1.88. The van der Waals surface area contributed by atoms with Crippen LogP contribution in [0.15, 0.2) is 0 Å². The molecule has 6 nitrogen and oxygen atoms in total. The molecule has 0 spiro atoms. The van der Waals surface area contributed by atoms with Gasteiger partial charge in [-0.15, -0.1) is 0 Å². The van der Waals surface area contributed by atoms with Crippen molar-refractivity contribution in [2.75, 3.05) is 19.8 Å². The summed E-state index contributed by atoms with van der Waals surface area (Å²) in [6, 6.07) is -0.687. The maximum Gasteiger partial charge on any atom is 0.410 e. The van der Waals surface area contributed by atoms with Crippen LogP contribution in [0.1, 0.15) is 26.7 Å². The summed E-state index contributed by atoms with van der Waals surface area (Å²) in [4.78, 5) is 24.8. The lowest BCUT2D eigenvalue weighted by Gasteiger charge is -2.35. The minimum Gasteiger partial charge on any atom is -0.464 e. The molecule has 0 aliphatic carbocycles. The molecule has 17 heavy (non-hydrogen) atoms. The molecule has 1 heterocycles. The highest BCUT2D eigenvalue weighted by molar-refractivity contribution is 5.81. The number of amides is 1. The third kappa shape index (κ3) is 3.59. The quantitative estimate of drug-likeness (QED) is 0.731. The highest BCUT2D eigenvalue weighted by Gasteiger charge is 2.36. The van der Waals surface area contributed by atoms with Crippen molar-refractivity contribution in [2.24, 2.45) is 5.73 Å². The van der Waals surface area contributed by atoms with E-state index in [2.05, 4.69) is 0 Å². The number of hydrogen-bond acceptors (Lipinski definition) is 5. The van der Waals surface area contributed by atoms with Crippen LogP contribution >= 0.6 is 0 Å². The zero-order valence-corrected chi connectivity index (χ0v) is 10.3. The minimum absolute atomic E-state index is 0.0740. The van der Waals surface area contributed by atoms with Crippen molar-refractivity contribution in [1.82, 2.24) is 4.90 Å². The molecule has 0 saturated carbocycles. The first-order valence-electron chi connectivity index (χ1n) is 5.95. The van der Waals surface area contributed by atoms with Crippen molar-refractivity contribution in [1.29, 1.82) is 0 Å². The van der Waals surface area contributed by atoms with Crippen LogP contribution in [-0.4, -0.2) is 48.8 Å². The van der Waals surface area contributed by atoms with Gasteiger partial charge in [0.15, 0.2) is 0 Å². The summed E-state index contributed by atoms with van der Waals surface area (Å²) in [6.45, 7) is 4.48. The standard InChI is InChI=1S/C11H20N2O4/c1-3-16-10(14)9-7-8(12)5-6-13(9)11(15)17-4-2/h8-9H,3-7,12H2,1-2H3. The fraction of sp³-hybridized carbons (Fsp3) is 0.818. The van der Waals surface area contributed by atoms with E-state index in [4.69, 9.17) is 15.2 Å². The molecule has 1 aliphatic rings. The van der Waals surface area contributed by atoms with Crippen LogP contribution in [0.4, 0.5) is 4.79 Å². The fourth-order valence-electron chi connectivity index (χ4n) is 1.88. The number of nitrogens with two attached hydrogens (primary N) is 1. The molecule has 0 radical (unpaired) electrons. The van der Waals surface area contributed by atoms with Gasteiger partial charge in [0.05, 0.1) is 13.2 Å². The molecule has 2 atom stereocenters. The van der Waals surface area contributed by atoms with Gasteiger partial charge in [0.25, 0.3) is 0 Å². The van der Waals surface area contributed by atoms with Crippen molar-refractivity contribution < 1.29 is 19.1 Å². The van der Waals surface area contributed by atoms with Crippen LogP contribution < -0.4 is 5.73 Å². The lowest BCUT2D eigenvalue weighted by atomic mass is 9.98. The normalized spacial score (nSPS) is 24.3. The highest BCUT2D eigenvalue weighted by atomic mass is 16.6. The summed E-state index contributed by atoms with van der Waals surface area (Å²) in [5, 5.41) is 0. The van der Waals surface area contributed by atoms with Crippen LogP contribution in [0.25, 0.3) is 0 Å². The molecule has 0 aromatic carbocycles. The van der Waals surface area contributed by atoms with E-state index in [0.29, 0.717) is 26.0 Å². The second-order valence-corrected chi connectivity index (χ2v) is 3.94. The van der Waals surface area contributed by atoms with Crippen molar-refractivity contribution in [3.05, 3.63) is 0 Å². The van der Waals surface area contributed by atoms with E-state index >= 15 is 0 Å². The largest absolute Gasteiger partial charge is 0.464 e. The van der Waals surface area contributed by atoms with Crippen LogP contribution in [0, 0.1) is 0 Å². The molecule has 2 unspecified atom stereocenters. The van der Waals surface area contributed by atoms with Gasteiger partial charge in [0, 0.05) is 12.6 Å². The average Bonchev–Trinajstić information content (AvgIpc) is 2.29. The number of carbonyl (C=O) groups is 2. The van der Waals surface area contributed by atoms with Crippen LogP contribution in [0.3, 0.4) is 0 Å². The summed E-state index contributed by atoms with van der Waals surface area (Å²) in [6.07, 6.45) is 0.629. The van der Waals surface area contributed by atoms with Crippen molar-refractivity contribution >= 4 is 12.1 Å². The first-order valence-corrected chi connectivity index (χ1v) is 5.95. The lowest BCUT2D eigenvalue weighted by Crippen LogP contribution is -2.53. The predicted octanol–water partition coefficient (Wildman–Crippen LogP) is 0.498. The van der Waals surface area contributed by atoms with E-state index in [0.717, 1.165) is 0 Å². The zero-order valence-electron chi connectivity index (χ0n) is 10.3. The second kappa shape index (κ2) is 6.44. The zero-order chi connectivity index (χ0) is 12.8. The third-order valence-electron chi connectivity index (χ3n) is 2.70. The molecular weight excluding hydrogens is 224 g/mol. The number of ether oxygens (including phenoxy) is 2. The first kappa shape index (κ1) is 13.8. The minimum atomic E-state index is -0.613. The predicted molar refractivity (Wildman–Crippen MR) is 61.4 cm³/mol. The Morgan fingerprint density at radius 3 is 2.53 bits per heavy atom. The molecule has 0 aromatic rings. The van der Waals surface area contributed by atoms with Gasteiger partial charge in [-0.2, -0.15) is 0 Å². The van der Waals surface area contributed by atoms with Crippen molar-refractivity contribution in [3.8, 4) is 0 Å². The Morgan fingerprint density at radius 1 is 1.29 bits per heavy atom. The molecule has 1 amide bonds. The smallest absolute Gasteiger partial charge is 0.410 e. The number of piperidine rings is 1. The Kier molecular flexibility index (Phi) is 5.21. The number of rotatable bonds is 3. The molecule has 1 fully saturated rings. The molecule has 2 N–H and O–H groups in total. The number of likely N-dealkylation sites (tertiary alicyclic amines) is 1. The van der Waals surface area contributed by atoms with Gasteiger partial charge in [0.1, 0.15) is 6.04 Å². The van der Waals surface area contributed by atoms with Gasteiger partial charge < -0.3 is 15.2 Å². The monoisotopic (exact) mass is 244 g/mol. The second-order valence-electron chi connectivity index (χ2n) is 3.94. The highest BCUT2D eigenvalue weighted by Crippen LogP contribution is 2.18. The summed E-state index contributed by atoms with van der Waals surface area (Å²) in [5.41, 5.74) is 5.81. The van der Waals surface area contributed by atoms with E-state index in [1.54, 1.807) is 13.8 Å². The average molecular weight is 244 g/mol. The topological polar surface area (TPSA) is 81.9 Å². The maximum absolute atomic E-state index is 11.7.